The lowest BCUT2D eigenvalue weighted by molar-refractivity contribution is -0.161. The zero-order chi connectivity index (χ0) is 66.1. The highest BCUT2D eigenvalue weighted by Gasteiger charge is 2.30. The van der Waals surface area contributed by atoms with Crippen molar-refractivity contribution in [3.8, 4) is 0 Å². The predicted molar refractivity (Wildman–Crippen MR) is 358 cm³/mol. The summed E-state index contributed by atoms with van der Waals surface area (Å²) in [5.74, 6) is 0.855. The highest BCUT2D eigenvalue weighted by atomic mass is 31.2. The van der Waals surface area contributed by atoms with Crippen molar-refractivity contribution in [2.45, 2.75) is 363 Å². The van der Waals surface area contributed by atoms with Gasteiger partial charge in [0.15, 0.2) is 12.2 Å². The van der Waals surface area contributed by atoms with Gasteiger partial charge in [-0.1, -0.05) is 293 Å². The molecule has 0 heterocycles. The average Bonchev–Trinajstić information content (AvgIpc) is 3.67. The van der Waals surface area contributed by atoms with Gasteiger partial charge in [0.2, 0.25) is 0 Å². The fourth-order valence-corrected chi connectivity index (χ4v) is 12.0. The Morgan fingerprint density at radius 2 is 0.539 bits per heavy atom. The number of phosphoric ester groups is 2. The first-order chi connectivity index (χ1) is 42.6. The van der Waals surface area contributed by atoms with Gasteiger partial charge < -0.3 is 33.8 Å². The monoisotopic (exact) mass is 1310 g/mol. The van der Waals surface area contributed by atoms with E-state index in [1.54, 1.807) is 0 Å². The van der Waals surface area contributed by atoms with Crippen LogP contribution in [0.25, 0.3) is 0 Å². The Bertz CT molecular complexity index is 1770. The Labute approximate surface area is 543 Å². The van der Waals surface area contributed by atoms with E-state index in [0.717, 1.165) is 108 Å². The second-order valence-corrected chi connectivity index (χ2v) is 29.8. The van der Waals surface area contributed by atoms with Crippen molar-refractivity contribution < 1.29 is 80.2 Å². The number of rotatable bonds is 67. The maximum absolute atomic E-state index is 13.0. The molecule has 4 unspecified atom stereocenters. The van der Waals surface area contributed by atoms with Crippen molar-refractivity contribution in [1.29, 1.82) is 0 Å². The van der Waals surface area contributed by atoms with Gasteiger partial charge in [-0.15, -0.1) is 0 Å². The molecule has 0 aromatic heterocycles. The van der Waals surface area contributed by atoms with Crippen LogP contribution in [0.15, 0.2) is 0 Å². The summed E-state index contributed by atoms with van der Waals surface area (Å²) < 4.78 is 68.3. The van der Waals surface area contributed by atoms with Crippen LogP contribution >= 0.6 is 15.6 Å². The summed E-state index contributed by atoms with van der Waals surface area (Å²) in [6, 6.07) is 0. The molecule has 19 heteroatoms. The summed E-state index contributed by atoms with van der Waals surface area (Å²) in [6.07, 6.45) is 41.8. The van der Waals surface area contributed by atoms with Crippen molar-refractivity contribution >= 4 is 39.5 Å². The van der Waals surface area contributed by atoms with Gasteiger partial charge in [0.05, 0.1) is 26.4 Å². The molecule has 6 atom stereocenters. The van der Waals surface area contributed by atoms with E-state index in [4.69, 9.17) is 37.0 Å². The van der Waals surface area contributed by atoms with Crippen LogP contribution in [0, 0.1) is 23.7 Å². The molecule has 0 aromatic rings. The lowest BCUT2D eigenvalue weighted by atomic mass is 9.99. The lowest BCUT2D eigenvalue weighted by Gasteiger charge is -2.21. The van der Waals surface area contributed by atoms with Gasteiger partial charge in [0.25, 0.3) is 0 Å². The maximum Gasteiger partial charge on any atom is 0.472 e. The van der Waals surface area contributed by atoms with Crippen molar-refractivity contribution in [2.24, 2.45) is 23.7 Å². The number of carbonyl (C=O) groups is 4. The summed E-state index contributed by atoms with van der Waals surface area (Å²) in [5, 5.41) is 10.6. The van der Waals surface area contributed by atoms with E-state index in [9.17, 15) is 43.2 Å². The van der Waals surface area contributed by atoms with E-state index >= 15 is 0 Å². The summed E-state index contributed by atoms with van der Waals surface area (Å²) in [5.41, 5.74) is 0. The van der Waals surface area contributed by atoms with Crippen molar-refractivity contribution in [2.75, 3.05) is 39.6 Å². The van der Waals surface area contributed by atoms with E-state index in [1.165, 1.54) is 141 Å². The standard InChI is InChI=1S/C70H136O17P2/c1-9-63(8)49-41-33-25-17-14-15-18-26-34-42-50-67(72)80-56-65(86-69(74)52-44-36-27-19-13-11-10-12-16-22-30-38-46-60(2)3)58-84-88(76,77)82-54-64(71)55-83-89(78,79)85-59-66(87-70(75)53-45-37-29-21-24-32-40-48-62(6)7)57-81-68(73)51-43-35-28-20-23-31-39-47-61(4)5/h60-66,71H,9-59H2,1-8H3,(H,76,77)(H,78,79)/t63?,64?,65-,66-/m1/s1. The van der Waals surface area contributed by atoms with Crippen LogP contribution in [0.2, 0.25) is 0 Å². The molecule has 0 amide bonds. The number of aliphatic hydroxyl groups is 1. The van der Waals surface area contributed by atoms with Crippen LogP contribution < -0.4 is 0 Å². The largest absolute Gasteiger partial charge is 0.472 e. The molecule has 0 saturated heterocycles. The number of unbranched alkanes of at least 4 members (excludes halogenated alkanes) is 32. The van der Waals surface area contributed by atoms with Gasteiger partial charge in [-0.05, 0) is 49.4 Å². The number of ether oxygens (including phenoxy) is 4. The Kier molecular flexibility index (Phi) is 58.5. The van der Waals surface area contributed by atoms with Crippen molar-refractivity contribution in [1.82, 2.24) is 0 Å². The lowest BCUT2D eigenvalue weighted by Crippen LogP contribution is -2.30. The normalized spacial score (nSPS) is 14.6. The minimum atomic E-state index is -4.95. The molecule has 0 bridgehead atoms. The summed E-state index contributed by atoms with van der Waals surface area (Å²) in [7, 11) is -9.90. The first-order valence-corrected chi connectivity index (χ1v) is 39.2. The Morgan fingerprint density at radius 3 is 0.798 bits per heavy atom. The van der Waals surface area contributed by atoms with Gasteiger partial charge in [-0.3, -0.25) is 37.3 Å². The minimum Gasteiger partial charge on any atom is -0.462 e. The van der Waals surface area contributed by atoms with Crippen LogP contribution in [0.1, 0.15) is 344 Å². The van der Waals surface area contributed by atoms with Crippen LogP contribution in [0.4, 0.5) is 0 Å². The van der Waals surface area contributed by atoms with Crippen molar-refractivity contribution in [3.63, 3.8) is 0 Å². The Hall–Kier alpha value is -1.94. The van der Waals surface area contributed by atoms with E-state index in [0.29, 0.717) is 37.5 Å². The molecule has 0 aliphatic heterocycles. The molecular formula is C70H136O17P2. The third-order valence-corrected chi connectivity index (χ3v) is 18.3. The SMILES string of the molecule is CCC(C)CCCCCCCCCCCCC(=O)OC[C@H](COP(=O)(O)OCC(O)COP(=O)(O)OC[C@@H](COC(=O)CCCCCCCCCC(C)C)OC(=O)CCCCCCCCCC(C)C)OC(=O)CCCCCCCCCCCCCCC(C)C. The number of carbonyl (C=O) groups excluding carboxylic acids is 4. The van der Waals surface area contributed by atoms with Gasteiger partial charge in [0.1, 0.15) is 19.3 Å². The highest BCUT2D eigenvalue weighted by Crippen LogP contribution is 2.45. The molecular weight excluding hydrogens is 1170 g/mol. The fourth-order valence-electron chi connectivity index (χ4n) is 10.5. The summed E-state index contributed by atoms with van der Waals surface area (Å²) in [4.78, 5) is 72.5. The second kappa shape index (κ2) is 59.8. The van der Waals surface area contributed by atoms with Gasteiger partial charge >= 0.3 is 39.5 Å². The molecule has 0 spiro atoms. The molecule has 0 aliphatic carbocycles. The molecule has 0 rings (SSSR count). The van der Waals surface area contributed by atoms with Gasteiger partial charge in [-0.2, -0.15) is 0 Å². The number of phosphoric acid groups is 2. The summed E-state index contributed by atoms with van der Waals surface area (Å²) >= 11 is 0. The number of hydrogen-bond acceptors (Lipinski definition) is 15. The molecule has 0 aliphatic rings. The summed E-state index contributed by atoms with van der Waals surface area (Å²) in [6.45, 7) is 14.1. The minimum absolute atomic E-state index is 0.102. The zero-order valence-corrected chi connectivity index (χ0v) is 59.8. The molecule has 0 saturated carbocycles. The molecule has 0 fully saturated rings. The molecule has 0 aromatic carbocycles. The van der Waals surface area contributed by atoms with E-state index < -0.39 is 97.5 Å². The second-order valence-electron chi connectivity index (χ2n) is 26.9. The van der Waals surface area contributed by atoms with Crippen molar-refractivity contribution in [3.05, 3.63) is 0 Å². The predicted octanol–water partition coefficient (Wildman–Crippen LogP) is 19.7. The average molecular weight is 1310 g/mol. The molecule has 17 nitrogen and oxygen atoms in total. The van der Waals surface area contributed by atoms with Crippen LogP contribution in [-0.4, -0.2) is 96.7 Å². The smallest absolute Gasteiger partial charge is 0.462 e. The fraction of sp³-hybridized carbons (Fsp3) is 0.943. The van der Waals surface area contributed by atoms with E-state index in [1.807, 2.05) is 0 Å². The van der Waals surface area contributed by atoms with E-state index in [-0.39, 0.29) is 25.7 Å². The molecule has 0 radical (unpaired) electrons. The van der Waals surface area contributed by atoms with Crippen LogP contribution in [0.3, 0.4) is 0 Å². The number of hydrogen-bond donors (Lipinski definition) is 3. The number of aliphatic hydroxyl groups excluding tert-OH is 1. The first kappa shape index (κ1) is 87.1. The van der Waals surface area contributed by atoms with Crippen LogP contribution in [0.5, 0.6) is 0 Å². The maximum atomic E-state index is 13.0. The molecule has 3 N–H and O–H groups in total. The topological polar surface area (TPSA) is 237 Å². The van der Waals surface area contributed by atoms with Gasteiger partial charge in [-0.25, -0.2) is 9.13 Å². The van der Waals surface area contributed by atoms with Gasteiger partial charge in [0, 0.05) is 25.7 Å². The zero-order valence-electron chi connectivity index (χ0n) is 58.1. The Balaban J connectivity index is 5.25. The highest BCUT2D eigenvalue weighted by molar-refractivity contribution is 7.47. The molecule has 89 heavy (non-hydrogen) atoms. The third kappa shape index (κ3) is 63.2. The van der Waals surface area contributed by atoms with E-state index in [2.05, 4.69) is 55.4 Å². The van der Waals surface area contributed by atoms with Crippen LogP contribution in [-0.2, 0) is 65.4 Å². The quantitative estimate of drug-likeness (QED) is 0.0222. The first-order valence-electron chi connectivity index (χ1n) is 36.2. The third-order valence-electron chi connectivity index (χ3n) is 16.4. The Morgan fingerprint density at radius 1 is 0.315 bits per heavy atom. The molecule has 528 valence electrons. The number of esters is 4.